The second kappa shape index (κ2) is 7.08. The Morgan fingerprint density at radius 2 is 1.88 bits per heavy atom. The van der Waals surface area contributed by atoms with Crippen molar-refractivity contribution in [2.75, 3.05) is 11.4 Å². The van der Waals surface area contributed by atoms with Crippen LogP contribution >= 0.6 is 0 Å². The standard InChI is InChI=1S/C19H19N3O2/c1-14-7-9-15(10-8-14)12-20-21-19(24)16-11-18(23)22(13-16)17-5-3-2-4-6-17/h2-10,12,16H,11,13H2,1H3,(H,21,24)/b20-12-/t16-/m1/s1. The lowest BCUT2D eigenvalue weighted by molar-refractivity contribution is -0.126. The molecule has 1 N–H and O–H groups in total. The molecule has 2 amide bonds. The van der Waals surface area contributed by atoms with Crippen molar-refractivity contribution in [3.05, 3.63) is 65.7 Å². The molecule has 1 fully saturated rings. The number of benzene rings is 2. The SMILES string of the molecule is Cc1ccc(/C=N\NC(=O)[C@@H]2CC(=O)N(c3ccccc3)C2)cc1. The van der Waals surface area contributed by atoms with Gasteiger partial charge in [0.2, 0.25) is 11.8 Å². The summed E-state index contributed by atoms with van der Waals surface area (Å²) in [6.07, 6.45) is 1.81. The molecule has 0 saturated carbocycles. The van der Waals surface area contributed by atoms with Crippen molar-refractivity contribution in [1.29, 1.82) is 0 Å². The Labute approximate surface area is 141 Å². The number of para-hydroxylation sites is 1. The number of nitrogens with zero attached hydrogens (tertiary/aromatic N) is 2. The summed E-state index contributed by atoms with van der Waals surface area (Å²) in [5, 5.41) is 3.98. The molecule has 1 heterocycles. The van der Waals surface area contributed by atoms with Crippen LogP contribution in [0.4, 0.5) is 5.69 Å². The fraction of sp³-hybridized carbons (Fsp3) is 0.211. The van der Waals surface area contributed by atoms with E-state index in [1.54, 1.807) is 11.1 Å². The van der Waals surface area contributed by atoms with E-state index in [2.05, 4.69) is 10.5 Å². The molecule has 0 aromatic heterocycles. The average molecular weight is 321 g/mol. The van der Waals surface area contributed by atoms with E-state index >= 15 is 0 Å². The number of aryl methyl sites for hydroxylation is 1. The van der Waals surface area contributed by atoms with Gasteiger partial charge in [0, 0.05) is 18.7 Å². The molecule has 1 atom stereocenters. The molecule has 5 nitrogen and oxygen atoms in total. The number of hydrogen-bond donors (Lipinski definition) is 1. The lowest BCUT2D eigenvalue weighted by atomic mass is 10.1. The van der Waals surface area contributed by atoms with E-state index in [1.807, 2.05) is 61.5 Å². The predicted octanol–water partition coefficient (Wildman–Crippen LogP) is 2.50. The number of nitrogens with one attached hydrogen (secondary N) is 1. The largest absolute Gasteiger partial charge is 0.312 e. The first-order chi connectivity index (χ1) is 11.6. The zero-order chi connectivity index (χ0) is 16.9. The highest BCUT2D eigenvalue weighted by Gasteiger charge is 2.34. The third-order valence-electron chi connectivity index (χ3n) is 4.03. The number of carbonyl (C=O) groups is 2. The smallest absolute Gasteiger partial charge is 0.245 e. The molecular weight excluding hydrogens is 302 g/mol. The molecule has 1 saturated heterocycles. The third kappa shape index (κ3) is 3.68. The highest BCUT2D eigenvalue weighted by atomic mass is 16.2. The molecule has 24 heavy (non-hydrogen) atoms. The number of carbonyl (C=O) groups excluding carboxylic acids is 2. The first-order valence-electron chi connectivity index (χ1n) is 7.88. The lowest BCUT2D eigenvalue weighted by Crippen LogP contribution is -2.30. The maximum absolute atomic E-state index is 12.2. The Hall–Kier alpha value is -2.95. The van der Waals surface area contributed by atoms with Gasteiger partial charge in [-0.2, -0.15) is 5.10 Å². The summed E-state index contributed by atoms with van der Waals surface area (Å²) in [5.74, 6) is -0.651. The Morgan fingerprint density at radius 1 is 1.17 bits per heavy atom. The van der Waals surface area contributed by atoms with Crippen LogP contribution in [-0.2, 0) is 9.59 Å². The molecular formula is C19H19N3O2. The highest BCUT2D eigenvalue weighted by molar-refractivity contribution is 6.00. The van der Waals surface area contributed by atoms with Gasteiger partial charge < -0.3 is 4.90 Å². The molecule has 5 heteroatoms. The van der Waals surface area contributed by atoms with E-state index in [1.165, 1.54) is 5.56 Å². The average Bonchev–Trinajstić information content (AvgIpc) is 2.99. The van der Waals surface area contributed by atoms with Gasteiger partial charge in [0.25, 0.3) is 0 Å². The van der Waals surface area contributed by atoms with Crippen LogP contribution in [0.2, 0.25) is 0 Å². The molecule has 0 aliphatic carbocycles. The Balaban J connectivity index is 1.58. The van der Waals surface area contributed by atoms with Crippen molar-refractivity contribution in [2.45, 2.75) is 13.3 Å². The van der Waals surface area contributed by atoms with Gasteiger partial charge in [-0.3, -0.25) is 9.59 Å². The quantitative estimate of drug-likeness (QED) is 0.695. The van der Waals surface area contributed by atoms with Gasteiger partial charge in [-0.25, -0.2) is 5.43 Å². The van der Waals surface area contributed by atoms with Crippen LogP contribution in [0.25, 0.3) is 0 Å². The van der Waals surface area contributed by atoms with Crippen molar-refractivity contribution < 1.29 is 9.59 Å². The zero-order valence-corrected chi connectivity index (χ0v) is 13.5. The maximum atomic E-state index is 12.2. The van der Waals surface area contributed by atoms with E-state index in [0.717, 1.165) is 11.3 Å². The second-order valence-electron chi connectivity index (χ2n) is 5.89. The molecule has 0 radical (unpaired) electrons. The molecule has 1 aliphatic heterocycles. The summed E-state index contributed by atoms with van der Waals surface area (Å²) in [7, 11) is 0. The number of amides is 2. The van der Waals surface area contributed by atoms with Crippen molar-refractivity contribution in [1.82, 2.24) is 5.43 Å². The van der Waals surface area contributed by atoms with Crippen LogP contribution in [0.15, 0.2) is 59.7 Å². The highest BCUT2D eigenvalue weighted by Crippen LogP contribution is 2.24. The molecule has 2 aromatic rings. The van der Waals surface area contributed by atoms with Crippen LogP contribution in [0.1, 0.15) is 17.5 Å². The number of hydrazone groups is 1. The van der Waals surface area contributed by atoms with Crippen LogP contribution in [0, 0.1) is 12.8 Å². The fourth-order valence-corrected chi connectivity index (χ4v) is 2.65. The summed E-state index contributed by atoms with van der Waals surface area (Å²) in [5.41, 5.74) is 5.43. The van der Waals surface area contributed by atoms with Gasteiger partial charge in [-0.1, -0.05) is 48.0 Å². The van der Waals surface area contributed by atoms with E-state index < -0.39 is 0 Å². The van der Waals surface area contributed by atoms with E-state index in [9.17, 15) is 9.59 Å². The Kier molecular flexibility index (Phi) is 4.70. The van der Waals surface area contributed by atoms with Crippen LogP contribution in [0.5, 0.6) is 0 Å². The number of rotatable bonds is 4. The van der Waals surface area contributed by atoms with Crippen molar-refractivity contribution >= 4 is 23.7 Å². The van der Waals surface area contributed by atoms with Gasteiger partial charge in [0.05, 0.1) is 12.1 Å². The van der Waals surface area contributed by atoms with Gasteiger partial charge in [0.1, 0.15) is 0 Å². The van der Waals surface area contributed by atoms with Crippen molar-refractivity contribution in [3.8, 4) is 0 Å². The zero-order valence-electron chi connectivity index (χ0n) is 13.5. The summed E-state index contributed by atoms with van der Waals surface area (Å²) < 4.78 is 0. The summed E-state index contributed by atoms with van der Waals surface area (Å²) in [6.45, 7) is 2.40. The fourth-order valence-electron chi connectivity index (χ4n) is 2.65. The summed E-state index contributed by atoms with van der Waals surface area (Å²) in [4.78, 5) is 26.0. The first-order valence-corrected chi connectivity index (χ1v) is 7.88. The van der Waals surface area contributed by atoms with Crippen LogP contribution in [0.3, 0.4) is 0 Å². The van der Waals surface area contributed by atoms with Gasteiger partial charge in [-0.15, -0.1) is 0 Å². The predicted molar refractivity (Wildman–Crippen MR) is 93.8 cm³/mol. The Bertz CT molecular complexity index is 754. The molecule has 1 aliphatic rings. The second-order valence-corrected chi connectivity index (χ2v) is 5.89. The van der Waals surface area contributed by atoms with Gasteiger partial charge in [0.15, 0.2) is 0 Å². The minimum atomic E-state index is -0.382. The van der Waals surface area contributed by atoms with Crippen molar-refractivity contribution in [2.24, 2.45) is 11.0 Å². The third-order valence-corrected chi connectivity index (χ3v) is 4.03. The lowest BCUT2D eigenvalue weighted by Gasteiger charge is -2.16. The van der Waals surface area contributed by atoms with Crippen LogP contribution in [-0.4, -0.2) is 24.6 Å². The van der Waals surface area contributed by atoms with E-state index in [4.69, 9.17) is 0 Å². The number of hydrogen-bond acceptors (Lipinski definition) is 3. The molecule has 0 bridgehead atoms. The Morgan fingerprint density at radius 3 is 2.58 bits per heavy atom. The normalized spacial score (nSPS) is 17.5. The molecule has 0 spiro atoms. The summed E-state index contributed by atoms with van der Waals surface area (Å²) in [6, 6.07) is 17.2. The van der Waals surface area contributed by atoms with Gasteiger partial charge in [-0.05, 0) is 24.6 Å². The molecule has 2 aromatic carbocycles. The minimum Gasteiger partial charge on any atom is -0.312 e. The van der Waals surface area contributed by atoms with E-state index in [0.29, 0.717) is 6.54 Å². The number of anilines is 1. The minimum absolute atomic E-state index is 0.0381. The summed E-state index contributed by atoms with van der Waals surface area (Å²) >= 11 is 0. The first kappa shape index (κ1) is 15.9. The topological polar surface area (TPSA) is 61.8 Å². The molecule has 3 rings (SSSR count). The monoisotopic (exact) mass is 321 g/mol. The van der Waals surface area contributed by atoms with Crippen molar-refractivity contribution in [3.63, 3.8) is 0 Å². The molecule has 0 unspecified atom stereocenters. The van der Waals surface area contributed by atoms with E-state index in [-0.39, 0.29) is 24.2 Å². The maximum Gasteiger partial charge on any atom is 0.245 e. The van der Waals surface area contributed by atoms with Gasteiger partial charge >= 0.3 is 0 Å². The molecule has 122 valence electrons. The van der Waals surface area contributed by atoms with Crippen LogP contribution < -0.4 is 10.3 Å².